The lowest BCUT2D eigenvalue weighted by Crippen LogP contribution is -2.31. The Bertz CT molecular complexity index is 485. The molecule has 0 aromatic carbocycles. The molecule has 2 fully saturated rings. The Labute approximate surface area is 125 Å². The van der Waals surface area contributed by atoms with Crippen molar-refractivity contribution in [2.24, 2.45) is 5.41 Å². The van der Waals surface area contributed by atoms with Crippen LogP contribution >= 0.6 is 0 Å². The third-order valence-electron chi connectivity index (χ3n) is 5.34. The normalized spacial score (nSPS) is 22.5. The lowest BCUT2D eigenvalue weighted by atomic mass is 9.69. The molecule has 1 aromatic heterocycles. The topological polar surface area (TPSA) is 68.0 Å². The molecule has 2 aliphatic rings. The van der Waals surface area contributed by atoms with E-state index in [4.69, 9.17) is 0 Å². The smallest absolute Gasteiger partial charge is 0.303 e. The Morgan fingerprint density at radius 3 is 2.62 bits per heavy atom. The summed E-state index contributed by atoms with van der Waals surface area (Å²) in [7, 11) is 0. The van der Waals surface area contributed by atoms with Crippen LogP contribution in [-0.2, 0) is 11.2 Å². The molecule has 2 aliphatic carbocycles. The molecule has 0 aliphatic heterocycles. The van der Waals surface area contributed by atoms with Gasteiger partial charge in [0, 0.05) is 12.5 Å². The van der Waals surface area contributed by atoms with Crippen LogP contribution in [0.2, 0.25) is 0 Å². The molecule has 0 unspecified atom stereocenters. The summed E-state index contributed by atoms with van der Waals surface area (Å²) in [5.41, 5.74) is -0.104. The number of aromatic nitrogens is 3. The predicted octanol–water partition coefficient (Wildman–Crippen LogP) is 3.36. The summed E-state index contributed by atoms with van der Waals surface area (Å²) in [6.45, 7) is 0. The minimum absolute atomic E-state index is 0.104. The van der Waals surface area contributed by atoms with Gasteiger partial charge in [-0.15, -0.1) is 10.2 Å². The first-order valence-corrected chi connectivity index (χ1v) is 8.29. The average molecular weight is 291 g/mol. The van der Waals surface area contributed by atoms with Crippen LogP contribution in [0.15, 0.2) is 6.33 Å². The largest absolute Gasteiger partial charge is 0.481 e. The van der Waals surface area contributed by atoms with Gasteiger partial charge < -0.3 is 9.67 Å². The van der Waals surface area contributed by atoms with Gasteiger partial charge in [0.1, 0.15) is 12.2 Å². The molecule has 21 heavy (non-hydrogen) atoms. The van der Waals surface area contributed by atoms with Gasteiger partial charge in [-0.2, -0.15) is 0 Å². The molecule has 0 radical (unpaired) electrons. The van der Waals surface area contributed by atoms with E-state index >= 15 is 0 Å². The van der Waals surface area contributed by atoms with Crippen LogP contribution in [0.25, 0.3) is 0 Å². The van der Waals surface area contributed by atoms with E-state index in [-0.39, 0.29) is 11.8 Å². The lowest BCUT2D eigenvalue weighted by Gasteiger charge is -2.36. The van der Waals surface area contributed by atoms with E-state index in [2.05, 4.69) is 14.8 Å². The SMILES string of the molecule is O=C(O)CC1(Cc2nncn2C2CCCC2)CCCCC1. The van der Waals surface area contributed by atoms with Crippen LogP contribution in [-0.4, -0.2) is 25.8 Å². The molecular formula is C16H25N3O2. The first-order chi connectivity index (χ1) is 10.2. The van der Waals surface area contributed by atoms with Gasteiger partial charge in [0.15, 0.2) is 0 Å². The highest BCUT2D eigenvalue weighted by molar-refractivity contribution is 5.67. The molecule has 3 rings (SSSR count). The summed E-state index contributed by atoms with van der Waals surface area (Å²) in [6.07, 6.45) is 13.4. The van der Waals surface area contributed by atoms with Crippen molar-refractivity contribution in [1.82, 2.24) is 14.8 Å². The third-order valence-corrected chi connectivity index (χ3v) is 5.34. The summed E-state index contributed by atoms with van der Waals surface area (Å²) >= 11 is 0. The highest BCUT2D eigenvalue weighted by Gasteiger charge is 2.36. The molecule has 5 heteroatoms. The van der Waals surface area contributed by atoms with Crippen molar-refractivity contribution in [2.45, 2.75) is 76.7 Å². The van der Waals surface area contributed by atoms with Gasteiger partial charge in [-0.25, -0.2) is 0 Å². The van der Waals surface area contributed by atoms with Crippen LogP contribution in [0.4, 0.5) is 0 Å². The van der Waals surface area contributed by atoms with Crippen LogP contribution in [0.1, 0.15) is 76.1 Å². The minimum Gasteiger partial charge on any atom is -0.481 e. The van der Waals surface area contributed by atoms with E-state index < -0.39 is 5.97 Å². The Hall–Kier alpha value is -1.39. The molecule has 0 bridgehead atoms. The van der Waals surface area contributed by atoms with Crippen molar-refractivity contribution in [3.8, 4) is 0 Å². The predicted molar refractivity (Wildman–Crippen MR) is 79.0 cm³/mol. The molecule has 0 amide bonds. The minimum atomic E-state index is -0.677. The second kappa shape index (κ2) is 6.16. The number of hydrogen-bond acceptors (Lipinski definition) is 3. The summed E-state index contributed by atoms with van der Waals surface area (Å²) in [5, 5.41) is 17.7. The van der Waals surface area contributed by atoms with Gasteiger partial charge >= 0.3 is 5.97 Å². The first kappa shape index (κ1) is 14.5. The van der Waals surface area contributed by atoms with Crippen molar-refractivity contribution in [3.63, 3.8) is 0 Å². The number of nitrogens with zero attached hydrogens (tertiary/aromatic N) is 3. The van der Waals surface area contributed by atoms with Gasteiger partial charge in [-0.1, -0.05) is 32.1 Å². The van der Waals surface area contributed by atoms with Crippen molar-refractivity contribution in [2.75, 3.05) is 0 Å². The molecule has 0 atom stereocenters. The fraction of sp³-hybridized carbons (Fsp3) is 0.812. The molecule has 1 aromatic rings. The Morgan fingerprint density at radius 2 is 1.95 bits per heavy atom. The maximum atomic E-state index is 11.3. The Kier molecular flexibility index (Phi) is 4.27. The van der Waals surface area contributed by atoms with E-state index in [1.807, 2.05) is 6.33 Å². The summed E-state index contributed by atoms with van der Waals surface area (Å²) in [6, 6.07) is 0.528. The zero-order valence-corrected chi connectivity index (χ0v) is 12.6. The second-order valence-corrected chi connectivity index (χ2v) is 6.90. The molecule has 2 saturated carbocycles. The van der Waals surface area contributed by atoms with E-state index in [0.29, 0.717) is 6.04 Å². The highest BCUT2D eigenvalue weighted by atomic mass is 16.4. The van der Waals surface area contributed by atoms with Gasteiger partial charge in [-0.3, -0.25) is 4.79 Å². The lowest BCUT2D eigenvalue weighted by molar-refractivity contribution is -0.140. The number of carboxylic acid groups (broad SMARTS) is 1. The average Bonchev–Trinajstić information content (AvgIpc) is 3.09. The van der Waals surface area contributed by atoms with Gasteiger partial charge in [0.25, 0.3) is 0 Å². The number of hydrogen-bond donors (Lipinski definition) is 1. The highest BCUT2D eigenvalue weighted by Crippen LogP contribution is 2.42. The Balaban J connectivity index is 1.79. The summed E-state index contributed by atoms with van der Waals surface area (Å²) in [4.78, 5) is 11.3. The van der Waals surface area contributed by atoms with Crippen molar-refractivity contribution < 1.29 is 9.90 Å². The fourth-order valence-electron chi connectivity index (χ4n) is 4.25. The van der Waals surface area contributed by atoms with Crippen molar-refractivity contribution in [1.29, 1.82) is 0 Å². The fourth-order valence-corrected chi connectivity index (χ4v) is 4.25. The molecule has 1 N–H and O–H groups in total. The van der Waals surface area contributed by atoms with Gasteiger partial charge in [-0.05, 0) is 31.1 Å². The van der Waals surface area contributed by atoms with E-state index in [1.54, 1.807) is 0 Å². The van der Waals surface area contributed by atoms with Gasteiger partial charge in [0.2, 0.25) is 0 Å². The van der Waals surface area contributed by atoms with Crippen molar-refractivity contribution in [3.05, 3.63) is 12.2 Å². The monoisotopic (exact) mass is 291 g/mol. The van der Waals surface area contributed by atoms with Gasteiger partial charge in [0.05, 0.1) is 6.42 Å². The molecule has 0 spiro atoms. The molecule has 5 nitrogen and oxygen atoms in total. The molecular weight excluding hydrogens is 266 g/mol. The van der Waals surface area contributed by atoms with Crippen LogP contribution in [0, 0.1) is 5.41 Å². The number of aliphatic carboxylic acids is 1. The Morgan fingerprint density at radius 1 is 1.24 bits per heavy atom. The summed E-state index contributed by atoms with van der Waals surface area (Å²) in [5.74, 6) is 0.328. The quantitative estimate of drug-likeness (QED) is 0.903. The second-order valence-electron chi connectivity index (χ2n) is 6.90. The van der Waals surface area contributed by atoms with E-state index in [1.165, 1.54) is 32.1 Å². The standard InChI is InChI=1S/C16H25N3O2/c20-15(21)11-16(8-4-1-5-9-16)10-14-18-17-12-19(14)13-6-2-3-7-13/h12-13H,1-11H2,(H,20,21). The van der Waals surface area contributed by atoms with Crippen LogP contribution in [0.3, 0.4) is 0 Å². The number of rotatable bonds is 5. The maximum absolute atomic E-state index is 11.3. The zero-order valence-electron chi connectivity index (χ0n) is 12.6. The molecule has 1 heterocycles. The number of carboxylic acids is 1. The van der Waals surface area contributed by atoms with Crippen LogP contribution in [0.5, 0.6) is 0 Å². The third kappa shape index (κ3) is 3.27. The van der Waals surface area contributed by atoms with E-state index in [9.17, 15) is 9.90 Å². The van der Waals surface area contributed by atoms with Crippen LogP contribution < -0.4 is 0 Å². The maximum Gasteiger partial charge on any atom is 0.303 e. The zero-order chi connectivity index (χ0) is 14.7. The molecule has 0 saturated heterocycles. The summed E-state index contributed by atoms with van der Waals surface area (Å²) < 4.78 is 2.23. The molecule has 116 valence electrons. The number of carbonyl (C=O) groups is 1. The van der Waals surface area contributed by atoms with E-state index in [0.717, 1.165) is 37.9 Å². The first-order valence-electron chi connectivity index (χ1n) is 8.29. The van der Waals surface area contributed by atoms with Crippen molar-refractivity contribution >= 4 is 5.97 Å².